The standard InChI is InChI=1S/C19H24N4O3/c20-19-22(8-7-21-9-12-25-13-10-21)15-4-1-2-5-16(15)23(19)14-17(24)18-6-3-11-26-18/h1-6,11,17,20,24H,7-10,12-14H2/p+1/t17-/m0/s1. The van der Waals surface area contributed by atoms with E-state index < -0.39 is 6.10 Å². The number of fused-ring (bicyclic) bond motifs is 1. The number of ether oxygens (including phenoxy) is 1. The molecular formula is C19H25N4O3+. The Labute approximate surface area is 152 Å². The lowest BCUT2D eigenvalue weighted by atomic mass is 10.2. The van der Waals surface area contributed by atoms with Gasteiger partial charge in [0.2, 0.25) is 0 Å². The molecule has 0 bridgehead atoms. The molecule has 1 atom stereocenters. The van der Waals surface area contributed by atoms with Gasteiger partial charge >= 0.3 is 5.95 Å². The molecule has 1 fully saturated rings. The molecule has 3 heterocycles. The van der Waals surface area contributed by atoms with Crippen LogP contribution in [-0.4, -0.2) is 47.4 Å². The highest BCUT2D eigenvalue weighted by Crippen LogP contribution is 2.19. The minimum absolute atomic E-state index is 0.352. The van der Waals surface area contributed by atoms with E-state index in [0.717, 1.165) is 50.4 Å². The molecule has 1 saturated heterocycles. The van der Waals surface area contributed by atoms with Crippen molar-refractivity contribution < 1.29 is 18.8 Å². The molecule has 2 aromatic heterocycles. The number of benzene rings is 1. The van der Waals surface area contributed by atoms with Crippen LogP contribution in [0.3, 0.4) is 0 Å². The molecule has 1 aliphatic rings. The van der Waals surface area contributed by atoms with Crippen LogP contribution in [0.2, 0.25) is 0 Å². The maximum atomic E-state index is 10.5. The van der Waals surface area contributed by atoms with Crippen molar-refractivity contribution in [1.82, 2.24) is 9.47 Å². The highest BCUT2D eigenvalue weighted by Gasteiger charge is 2.24. The van der Waals surface area contributed by atoms with Gasteiger partial charge in [-0.2, -0.15) is 0 Å². The zero-order valence-electron chi connectivity index (χ0n) is 14.8. The third kappa shape index (κ3) is 3.33. The molecule has 0 saturated carbocycles. The number of hydrogen-bond donors (Lipinski definition) is 2. The molecule has 4 rings (SSSR count). The Morgan fingerprint density at radius 3 is 2.69 bits per heavy atom. The zero-order chi connectivity index (χ0) is 17.9. The third-order valence-corrected chi connectivity index (χ3v) is 4.99. The lowest BCUT2D eigenvalue weighted by molar-refractivity contribution is -0.666. The van der Waals surface area contributed by atoms with E-state index in [4.69, 9.17) is 14.9 Å². The second kappa shape index (κ2) is 7.49. The van der Waals surface area contributed by atoms with Gasteiger partial charge in [-0.15, -0.1) is 0 Å². The van der Waals surface area contributed by atoms with Crippen LogP contribution in [0.5, 0.6) is 0 Å². The van der Waals surface area contributed by atoms with Crippen molar-refractivity contribution in [2.45, 2.75) is 19.2 Å². The van der Waals surface area contributed by atoms with E-state index in [0.29, 0.717) is 18.3 Å². The van der Waals surface area contributed by atoms with Crippen LogP contribution in [-0.2, 0) is 17.8 Å². The number of rotatable bonds is 6. The smallest absolute Gasteiger partial charge is 0.356 e. The summed E-state index contributed by atoms with van der Waals surface area (Å²) in [6.45, 7) is 5.56. The molecule has 0 radical (unpaired) electrons. The summed E-state index contributed by atoms with van der Waals surface area (Å²) >= 11 is 0. The predicted octanol–water partition coefficient (Wildman–Crippen LogP) is 1.17. The van der Waals surface area contributed by atoms with Gasteiger partial charge in [0.25, 0.3) is 0 Å². The Morgan fingerprint density at radius 2 is 1.92 bits per heavy atom. The number of anilines is 1. The molecule has 26 heavy (non-hydrogen) atoms. The molecule has 0 spiro atoms. The summed E-state index contributed by atoms with van der Waals surface area (Å²) in [4.78, 5) is 2.39. The summed E-state index contributed by atoms with van der Waals surface area (Å²) in [5.41, 5.74) is 8.56. The Hall–Kier alpha value is -2.35. The summed E-state index contributed by atoms with van der Waals surface area (Å²) in [6.07, 6.45) is 0.828. The highest BCUT2D eigenvalue weighted by atomic mass is 16.5. The topological polar surface area (TPSA) is 80.7 Å². The van der Waals surface area contributed by atoms with Gasteiger partial charge in [-0.1, -0.05) is 12.1 Å². The summed E-state index contributed by atoms with van der Waals surface area (Å²) in [5, 5.41) is 10.5. The molecule has 0 aliphatic carbocycles. The van der Waals surface area contributed by atoms with Crippen molar-refractivity contribution in [3.8, 4) is 0 Å². The van der Waals surface area contributed by atoms with Gasteiger partial charge in [-0.25, -0.2) is 9.13 Å². The average Bonchev–Trinajstić information content (AvgIpc) is 3.29. The second-order valence-electron chi connectivity index (χ2n) is 6.59. The van der Waals surface area contributed by atoms with Crippen LogP contribution in [0.15, 0.2) is 47.1 Å². The van der Waals surface area contributed by atoms with Gasteiger partial charge in [0.1, 0.15) is 29.4 Å². The number of aliphatic hydroxyl groups excluding tert-OH is 1. The van der Waals surface area contributed by atoms with Crippen LogP contribution < -0.4 is 10.3 Å². The molecule has 1 aromatic carbocycles. The van der Waals surface area contributed by atoms with Gasteiger partial charge in [0, 0.05) is 19.6 Å². The van der Waals surface area contributed by atoms with E-state index >= 15 is 0 Å². The molecule has 3 N–H and O–H groups in total. The van der Waals surface area contributed by atoms with Gasteiger partial charge in [-0.05, 0) is 24.3 Å². The molecular weight excluding hydrogens is 332 g/mol. The summed E-state index contributed by atoms with van der Waals surface area (Å²) in [7, 11) is 0. The lowest BCUT2D eigenvalue weighted by Crippen LogP contribution is -2.40. The van der Waals surface area contributed by atoms with E-state index in [2.05, 4.69) is 15.5 Å². The average molecular weight is 357 g/mol. The van der Waals surface area contributed by atoms with Crippen LogP contribution in [0, 0.1) is 0 Å². The number of furan rings is 1. The maximum Gasteiger partial charge on any atom is 0.356 e. The molecule has 3 aromatic rings. The van der Waals surface area contributed by atoms with Crippen molar-refractivity contribution in [3.05, 3.63) is 48.4 Å². The van der Waals surface area contributed by atoms with Crippen LogP contribution >= 0.6 is 0 Å². The van der Waals surface area contributed by atoms with Gasteiger partial charge in [0.15, 0.2) is 0 Å². The third-order valence-electron chi connectivity index (χ3n) is 4.99. The van der Waals surface area contributed by atoms with E-state index in [-0.39, 0.29) is 0 Å². The van der Waals surface area contributed by atoms with Crippen LogP contribution in [0.1, 0.15) is 11.9 Å². The fourth-order valence-corrected chi connectivity index (χ4v) is 3.55. The number of hydrogen-bond acceptors (Lipinski definition) is 5. The number of morpholine rings is 1. The highest BCUT2D eigenvalue weighted by molar-refractivity contribution is 5.73. The Balaban J connectivity index is 1.60. The first-order valence-corrected chi connectivity index (χ1v) is 9.02. The second-order valence-corrected chi connectivity index (χ2v) is 6.59. The largest absolute Gasteiger partial charge is 0.466 e. The van der Waals surface area contributed by atoms with Gasteiger partial charge < -0.3 is 14.3 Å². The van der Waals surface area contributed by atoms with Crippen molar-refractivity contribution in [1.29, 1.82) is 0 Å². The number of imidazole rings is 1. The molecule has 0 unspecified atom stereocenters. The Bertz CT molecular complexity index is 853. The maximum absolute atomic E-state index is 10.5. The first kappa shape index (κ1) is 17.1. The van der Waals surface area contributed by atoms with Crippen molar-refractivity contribution in [2.24, 2.45) is 0 Å². The fourth-order valence-electron chi connectivity index (χ4n) is 3.55. The van der Waals surface area contributed by atoms with Crippen LogP contribution in [0.25, 0.3) is 11.0 Å². The van der Waals surface area contributed by atoms with E-state index in [1.165, 1.54) is 0 Å². The minimum atomic E-state index is -0.740. The lowest BCUT2D eigenvalue weighted by Gasteiger charge is -2.26. The van der Waals surface area contributed by atoms with Crippen molar-refractivity contribution in [3.63, 3.8) is 0 Å². The fraction of sp³-hybridized carbons (Fsp3) is 0.421. The number of nitrogens with zero attached hydrogens (tertiary/aromatic N) is 3. The first-order chi connectivity index (χ1) is 12.7. The Morgan fingerprint density at radius 1 is 1.12 bits per heavy atom. The summed E-state index contributed by atoms with van der Waals surface area (Å²) in [6, 6.07) is 11.7. The molecule has 0 amide bonds. The Kier molecular flexibility index (Phi) is 4.92. The molecule has 7 heteroatoms. The quantitative estimate of drug-likeness (QED) is 0.648. The molecule has 7 nitrogen and oxygen atoms in total. The number of para-hydroxylation sites is 2. The summed E-state index contributed by atoms with van der Waals surface area (Å²) < 4.78 is 14.8. The van der Waals surface area contributed by atoms with Gasteiger partial charge in [-0.3, -0.25) is 10.6 Å². The van der Waals surface area contributed by atoms with Crippen molar-refractivity contribution >= 4 is 17.0 Å². The van der Waals surface area contributed by atoms with Crippen molar-refractivity contribution in [2.75, 3.05) is 38.6 Å². The SMILES string of the molecule is Nc1n(CCN2CCOCC2)c2ccccc2[n+]1C[C@H](O)c1ccco1. The molecule has 138 valence electrons. The normalized spacial score (nSPS) is 17.0. The number of aliphatic hydroxyl groups is 1. The van der Waals surface area contributed by atoms with Crippen LogP contribution in [0.4, 0.5) is 5.95 Å². The predicted molar refractivity (Wildman–Crippen MR) is 97.5 cm³/mol. The number of nitrogens with two attached hydrogens (primary N) is 1. The first-order valence-electron chi connectivity index (χ1n) is 9.02. The number of nitrogen functional groups attached to an aromatic ring is 1. The van der Waals surface area contributed by atoms with E-state index in [1.807, 2.05) is 22.8 Å². The van der Waals surface area contributed by atoms with E-state index in [9.17, 15) is 5.11 Å². The monoisotopic (exact) mass is 357 g/mol. The minimum Gasteiger partial charge on any atom is -0.466 e. The van der Waals surface area contributed by atoms with E-state index in [1.54, 1.807) is 18.4 Å². The molecule has 1 aliphatic heterocycles. The number of aromatic nitrogens is 2. The zero-order valence-corrected chi connectivity index (χ0v) is 14.8. The van der Waals surface area contributed by atoms with Gasteiger partial charge in [0.05, 0.1) is 26.0 Å². The summed E-state index contributed by atoms with van der Waals surface area (Å²) in [5.74, 6) is 1.19.